The minimum Gasteiger partial charge on any atom is -0.493 e. The molecule has 0 atom stereocenters. The van der Waals surface area contributed by atoms with Crippen molar-refractivity contribution in [2.24, 2.45) is 10.9 Å². The Morgan fingerprint density at radius 3 is 2.74 bits per heavy atom. The van der Waals surface area contributed by atoms with Gasteiger partial charge in [-0.1, -0.05) is 12.1 Å². The van der Waals surface area contributed by atoms with Crippen molar-refractivity contribution in [3.05, 3.63) is 29.8 Å². The molecule has 0 spiro atoms. The second-order valence-corrected chi connectivity index (χ2v) is 6.57. The van der Waals surface area contributed by atoms with Crippen LogP contribution in [0.2, 0.25) is 0 Å². The van der Waals surface area contributed by atoms with E-state index in [1.807, 2.05) is 12.1 Å². The molecule has 0 saturated heterocycles. The maximum atomic E-state index is 5.74. The van der Waals surface area contributed by atoms with E-state index in [2.05, 4.69) is 27.8 Å². The van der Waals surface area contributed by atoms with E-state index in [-0.39, 0.29) is 24.0 Å². The van der Waals surface area contributed by atoms with Gasteiger partial charge in [-0.25, -0.2) is 0 Å². The lowest BCUT2D eigenvalue weighted by Crippen LogP contribution is -2.37. The monoisotopic (exact) mass is 491 g/mol. The summed E-state index contributed by atoms with van der Waals surface area (Å²) in [5, 5.41) is 6.65. The summed E-state index contributed by atoms with van der Waals surface area (Å²) in [6, 6.07) is 8.12. The van der Waals surface area contributed by atoms with Crippen molar-refractivity contribution in [2.45, 2.75) is 32.2 Å². The third-order valence-corrected chi connectivity index (χ3v) is 4.15. The summed E-state index contributed by atoms with van der Waals surface area (Å²) in [6.07, 6.45) is 4.56. The molecular formula is C20H34IN3O3. The van der Waals surface area contributed by atoms with Crippen molar-refractivity contribution in [3.63, 3.8) is 0 Å². The number of rotatable bonds is 13. The Kier molecular flexibility index (Phi) is 13.3. The van der Waals surface area contributed by atoms with E-state index in [0.717, 1.165) is 62.4 Å². The zero-order chi connectivity index (χ0) is 18.5. The highest BCUT2D eigenvalue weighted by Crippen LogP contribution is 2.28. The molecule has 2 N–H and O–H groups in total. The van der Waals surface area contributed by atoms with Gasteiger partial charge in [0.05, 0.1) is 6.61 Å². The predicted octanol–water partition coefficient (Wildman–Crippen LogP) is 3.20. The molecule has 6 nitrogen and oxygen atoms in total. The lowest BCUT2D eigenvalue weighted by molar-refractivity contribution is 0.123. The van der Waals surface area contributed by atoms with Gasteiger partial charge in [0.15, 0.2) is 5.96 Å². The first kappa shape index (κ1) is 24.0. The van der Waals surface area contributed by atoms with Crippen molar-refractivity contribution < 1.29 is 14.2 Å². The molecule has 1 saturated carbocycles. The Morgan fingerprint density at radius 2 is 2.00 bits per heavy atom. The third-order valence-electron chi connectivity index (χ3n) is 4.15. The van der Waals surface area contributed by atoms with E-state index >= 15 is 0 Å². The van der Waals surface area contributed by atoms with Gasteiger partial charge in [-0.05, 0) is 42.9 Å². The summed E-state index contributed by atoms with van der Waals surface area (Å²) in [5.41, 5.74) is 1.16. The van der Waals surface area contributed by atoms with E-state index in [0.29, 0.717) is 13.2 Å². The quantitative estimate of drug-likeness (QED) is 0.192. The normalized spacial score (nSPS) is 13.8. The molecule has 0 radical (unpaired) electrons. The van der Waals surface area contributed by atoms with Crippen molar-refractivity contribution >= 4 is 29.9 Å². The van der Waals surface area contributed by atoms with Crippen LogP contribution in [0.4, 0.5) is 0 Å². The van der Waals surface area contributed by atoms with Crippen LogP contribution in [0.15, 0.2) is 29.3 Å². The van der Waals surface area contributed by atoms with Crippen LogP contribution < -0.4 is 15.4 Å². The fraction of sp³-hybridized carbons (Fsp3) is 0.650. The van der Waals surface area contributed by atoms with E-state index in [4.69, 9.17) is 14.2 Å². The maximum Gasteiger partial charge on any atom is 0.191 e. The number of guanidine groups is 1. The highest BCUT2D eigenvalue weighted by atomic mass is 127. The third kappa shape index (κ3) is 11.4. The lowest BCUT2D eigenvalue weighted by atomic mass is 10.2. The molecule has 0 aromatic heterocycles. The number of ether oxygens (including phenoxy) is 3. The molecular weight excluding hydrogens is 457 g/mol. The zero-order valence-electron chi connectivity index (χ0n) is 16.5. The second-order valence-electron chi connectivity index (χ2n) is 6.57. The molecule has 1 aliphatic carbocycles. The minimum atomic E-state index is 0. The molecule has 0 aliphatic heterocycles. The van der Waals surface area contributed by atoms with Gasteiger partial charge in [0.2, 0.25) is 0 Å². The number of aliphatic imine (C=N–C) groups is 1. The number of benzene rings is 1. The maximum absolute atomic E-state index is 5.74. The van der Waals surface area contributed by atoms with Gasteiger partial charge >= 0.3 is 0 Å². The van der Waals surface area contributed by atoms with Crippen LogP contribution in [0.1, 0.15) is 31.2 Å². The summed E-state index contributed by atoms with van der Waals surface area (Å²) >= 11 is 0. The summed E-state index contributed by atoms with van der Waals surface area (Å²) in [7, 11) is 3.49. The molecule has 154 valence electrons. The molecule has 0 bridgehead atoms. The van der Waals surface area contributed by atoms with E-state index in [9.17, 15) is 0 Å². The number of nitrogens with one attached hydrogen (secondary N) is 2. The van der Waals surface area contributed by atoms with E-state index < -0.39 is 0 Å². The molecule has 0 unspecified atom stereocenters. The Bertz CT molecular complexity index is 539. The molecule has 27 heavy (non-hydrogen) atoms. The first-order valence-corrected chi connectivity index (χ1v) is 9.54. The summed E-state index contributed by atoms with van der Waals surface area (Å²) < 4.78 is 16.4. The van der Waals surface area contributed by atoms with Crippen LogP contribution >= 0.6 is 24.0 Å². The van der Waals surface area contributed by atoms with Crippen molar-refractivity contribution in [1.82, 2.24) is 10.6 Å². The van der Waals surface area contributed by atoms with Gasteiger partial charge in [0.25, 0.3) is 0 Å². The van der Waals surface area contributed by atoms with E-state index in [1.54, 1.807) is 14.2 Å². The molecule has 2 rings (SSSR count). The topological polar surface area (TPSA) is 64.1 Å². The summed E-state index contributed by atoms with van der Waals surface area (Å²) in [6.45, 7) is 4.67. The molecule has 1 aliphatic rings. The minimum absolute atomic E-state index is 0. The van der Waals surface area contributed by atoms with Crippen LogP contribution in [0, 0.1) is 5.92 Å². The molecule has 1 aromatic rings. The van der Waals surface area contributed by atoms with Crippen LogP contribution in [0.25, 0.3) is 0 Å². The molecule has 1 fully saturated rings. The first-order valence-electron chi connectivity index (χ1n) is 9.54. The molecule has 0 amide bonds. The van der Waals surface area contributed by atoms with Crippen LogP contribution in [-0.2, 0) is 16.0 Å². The fourth-order valence-electron chi connectivity index (χ4n) is 2.46. The van der Waals surface area contributed by atoms with Gasteiger partial charge in [-0.2, -0.15) is 0 Å². The number of halogens is 1. The van der Waals surface area contributed by atoms with Gasteiger partial charge in [0.1, 0.15) is 5.75 Å². The Morgan fingerprint density at radius 1 is 1.15 bits per heavy atom. The van der Waals surface area contributed by atoms with Crippen LogP contribution in [0.5, 0.6) is 5.75 Å². The molecule has 1 aromatic carbocycles. The number of nitrogens with zero attached hydrogens (tertiary/aromatic N) is 1. The standard InChI is InChI=1S/C20H33N3O3.HI/c1-21-20(22-10-4-12-25-16-17-8-9-17)23-15-18-6-3-7-19(14-18)26-13-5-11-24-2;/h3,6-7,14,17H,4-5,8-13,15-16H2,1-2H3,(H2,21,22,23);1H. The Labute approximate surface area is 180 Å². The smallest absolute Gasteiger partial charge is 0.191 e. The predicted molar refractivity (Wildman–Crippen MR) is 120 cm³/mol. The van der Waals surface area contributed by atoms with Gasteiger partial charge in [-0.15, -0.1) is 24.0 Å². The number of hydrogen-bond acceptors (Lipinski definition) is 4. The van der Waals surface area contributed by atoms with Gasteiger partial charge in [-0.3, -0.25) is 4.99 Å². The number of hydrogen-bond donors (Lipinski definition) is 2. The zero-order valence-corrected chi connectivity index (χ0v) is 18.9. The molecule has 7 heteroatoms. The summed E-state index contributed by atoms with van der Waals surface area (Å²) in [4.78, 5) is 4.26. The highest BCUT2D eigenvalue weighted by molar-refractivity contribution is 14.0. The van der Waals surface area contributed by atoms with Gasteiger partial charge < -0.3 is 24.8 Å². The Balaban J connectivity index is 0.00000364. The molecule has 0 heterocycles. The fourth-order valence-corrected chi connectivity index (χ4v) is 2.46. The van der Waals surface area contributed by atoms with Gasteiger partial charge in [0, 0.05) is 53.5 Å². The second kappa shape index (κ2) is 14.9. The average molecular weight is 491 g/mol. The number of methoxy groups -OCH3 is 1. The summed E-state index contributed by atoms with van der Waals surface area (Å²) in [5.74, 6) is 2.52. The van der Waals surface area contributed by atoms with Crippen molar-refractivity contribution in [3.8, 4) is 5.75 Å². The first-order chi connectivity index (χ1) is 12.8. The average Bonchev–Trinajstić information content (AvgIpc) is 3.49. The highest BCUT2D eigenvalue weighted by Gasteiger charge is 2.20. The largest absolute Gasteiger partial charge is 0.493 e. The SMILES string of the molecule is CN=C(NCCCOCC1CC1)NCc1cccc(OCCCOC)c1.I. The van der Waals surface area contributed by atoms with Crippen LogP contribution in [0.3, 0.4) is 0 Å². The van der Waals surface area contributed by atoms with Crippen LogP contribution in [-0.4, -0.2) is 53.1 Å². The van der Waals surface area contributed by atoms with E-state index in [1.165, 1.54) is 12.8 Å². The lowest BCUT2D eigenvalue weighted by Gasteiger charge is -2.13. The Hall–Kier alpha value is -1.06. The van der Waals surface area contributed by atoms with Crippen molar-refractivity contribution in [1.29, 1.82) is 0 Å². The van der Waals surface area contributed by atoms with Crippen molar-refractivity contribution in [2.75, 3.05) is 47.1 Å².